The van der Waals surface area contributed by atoms with Crippen molar-refractivity contribution in [2.75, 3.05) is 13.1 Å². The lowest BCUT2D eigenvalue weighted by Crippen LogP contribution is -2.43. The molecule has 1 amide bonds. The molecule has 0 bridgehead atoms. The summed E-state index contributed by atoms with van der Waals surface area (Å²) in [5.74, 6) is -0.180. The molecule has 132 valence electrons. The predicted octanol–water partition coefficient (Wildman–Crippen LogP) is 2.58. The predicted molar refractivity (Wildman–Crippen MR) is 96.9 cm³/mol. The summed E-state index contributed by atoms with van der Waals surface area (Å²) in [6.45, 7) is 2.73. The van der Waals surface area contributed by atoms with E-state index in [1.54, 1.807) is 48.5 Å². The van der Waals surface area contributed by atoms with E-state index < -0.39 is 10.0 Å². The van der Waals surface area contributed by atoms with Gasteiger partial charge in [0.1, 0.15) is 0 Å². The van der Waals surface area contributed by atoms with Crippen molar-refractivity contribution in [1.29, 1.82) is 0 Å². The van der Waals surface area contributed by atoms with Gasteiger partial charge in [-0.05, 0) is 44.0 Å². The number of rotatable bonds is 5. The maximum atomic E-state index is 12.9. The highest BCUT2D eigenvalue weighted by molar-refractivity contribution is 7.89. The van der Waals surface area contributed by atoms with E-state index in [0.29, 0.717) is 23.5 Å². The topological polar surface area (TPSA) is 66.5 Å². The number of hydrogen-bond acceptors (Lipinski definition) is 3. The maximum Gasteiger partial charge on any atom is 0.251 e. The average molecular weight is 358 g/mol. The number of carbonyl (C=O) groups is 1. The third-order valence-electron chi connectivity index (χ3n) is 4.48. The number of benzene rings is 2. The number of nitrogens with zero attached hydrogens (tertiary/aromatic N) is 1. The van der Waals surface area contributed by atoms with E-state index in [4.69, 9.17) is 0 Å². The third-order valence-corrected chi connectivity index (χ3v) is 6.45. The zero-order valence-corrected chi connectivity index (χ0v) is 15.0. The SMILES string of the molecule is Cc1ccc(S(=O)(=O)N2CCC[C@@H]2CNC(=O)c2ccccc2)cc1. The molecule has 0 spiro atoms. The van der Waals surface area contributed by atoms with Gasteiger partial charge in [-0.3, -0.25) is 4.79 Å². The van der Waals surface area contributed by atoms with Gasteiger partial charge in [-0.25, -0.2) is 8.42 Å². The van der Waals surface area contributed by atoms with Crippen LogP contribution in [0.15, 0.2) is 59.5 Å². The molecule has 5 nitrogen and oxygen atoms in total. The van der Waals surface area contributed by atoms with Crippen LogP contribution in [0.3, 0.4) is 0 Å². The van der Waals surface area contributed by atoms with Crippen LogP contribution >= 0.6 is 0 Å². The molecule has 0 unspecified atom stereocenters. The van der Waals surface area contributed by atoms with Crippen molar-refractivity contribution in [3.63, 3.8) is 0 Å². The molecule has 1 aliphatic rings. The van der Waals surface area contributed by atoms with Gasteiger partial charge in [-0.15, -0.1) is 0 Å². The van der Waals surface area contributed by atoms with Crippen molar-refractivity contribution in [2.24, 2.45) is 0 Å². The van der Waals surface area contributed by atoms with Gasteiger partial charge in [0.2, 0.25) is 10.0 Å². The van der Waals surface area contributed by atoms with Crippen LogP contribution < -0.4 is 5.32 Å². The first kappa shape index (κ1) is 17.6. The smallest absolute Gasteiger partial charge is 0.251 e. The summed E-state index contributed by atoms with van der Waals surface area (Å²) in [5.41, 5.74) is 1.60. The lowest BCUT2D eigenvalue weighted by Gasteiger charge is -2.24. The fourth-order valence-electron chi connectivity index (χ4n) is 3.08. The van der Waals surface area contributed by atoms with Crippen LogP contribution in [0.5, 0.6) is 0 Å². The normalized spacial score (nSPS) is 18.2. The minimum atomic E-state index is -3.54. The highest BCUT2D eigenvalue weighted by Gasteiger charge is 2.35. The lowest BCUT2D eigenvalue weighted by atomic mass is 10.2. The Kier molecular flexibility index (Phi) is 5.20. The molecule has 1 fully saturated rings. The van der Waals surface area contributed by atoms with E-state index in [-0.39, 0.29) is 11.9 Å². The number of nitrogens with one attached hydrogen (secondary N) is 1. The van der Waals surface area contributed by atoms with Gasteiger partial charge in [-0.1, -0.05) is 35.9 Å². The fraction of sp³-hybridized carbons (Fsp3) is 0.316. The molecule has 1 aliphatic heterocycles. The van der Waals surface area contributed by atoms with E-state index in [9.17, 15) is 13.2 Å². The molecular formula is C19H22N2O3S. The summed E-state index contributed by atoms with van der Waals surface area (Å²) in [6, 6.07) is 15.6. The highest BCUT2D eigenvalue weighted by atomic mass is 32.2. The van der Waals surface area contributed by atoms with Crippen molar-refractivity contribution >= 4 is 15.9 Å². The van der Waals surface area contributed by atoms with Crippen LogP contribution in [-0.2, 0) is 10.0 Å². The molecule has 0 radical (unpaired) electrons. The Morgan fingerprint density at radius 1 is 1.12 bits per heavy atom. The molecule has 0 saturated carbocycles. The molecule has 1 atom stereocenters. The summed E-state index contributed by atoms with van der Waals surface area (Å²) in [4.78, 5) is 12.5. The van der Waals surface area contributed by atoms with Crippen LogP contribution in [0.2, 0.25) is 0 Å². The Morgan fingerprint density at radius 3 is 2.48 bits per heavy atom. The number of amides is 1. The molecular weight excluding hydrogens is 336 g/mol. The maximum absolute atomic E-state index is 12.9. The average Bonchev–Trinajstić information content (AvgIpc) is 3.10. The Labute approximate surface area is 148 Å². The van der Waals surface area contributed by atoms with Gasteiger partial charge >= 0.3 is 0 Å². The van der Waals surface area contributed by atoms with Gasteiger partial charge in [0.05, 0.1) is 4.90 Å². The zero-order valence-electron chi connectivity index (χ0n) is 14.2. The van der Waals surface area contributed by atoms with Crippen molar-refractivity contribution in [3.8, 4) is 0 Å². The Morgan fingerprint density at radius 2 is 1.80 bits per heavy atom. The van der Waals surface area contributed by atoms with Crippen LogP contribution in [0.1, 0.15) is 28.8 Å². The fourth-order valence-corrected chi connectivity index (χ4v) is 4.77. The van der Waals surface area contributed by atoms with Crippen LogP contribution in [0, 0.1) is 6.92 Å². The summed E-state index contributed by atoms with van der Waals surface area (Å²) < 4.78 is 27.3. The van der Waals surface area contributed by atoms with Crippen LogP contribution in [-0.4, -0.2) is 37.8 Å². The van der Waals surface area contributed by atoms with Crippen LogP contribution in [0.4, 0.5) is 0 Å². The first-order chi connectivity index (χ1) is 12.0. The number of hydrogen-bond donors (Lipinski definition) is 1. The van der Waals surface area contributed by atoms with Gasteiger partial charge in [-0.2, -0.15) is 4.31 Å². The van der Waals surface area contributed by atoms with E-state index >= 15 is 0 Å². The summed E-state index contributed by atoms with van der Waals surface area (Å²) >= 11 is 0. The van der Waals surface area contributed by atoms with E-state index in [1.165, 1.54) is 4.31 Å². The summed E-state index contributed by atoms with van der Waals surface area (Å²) in [6.07, 6.45) is 1.55. The molecule has 2 aromatic rings. The molecule has 2 aromatic carbocycles. The third kappa shape index (κ3) is 3.91. The molecule has 6 heteroatoms. The molecule has 3 rings (SSSR count). The monoisotopic (exact) mass is 358 g/mol. The molecule has 25 heavy (non-hydrogen) atoms. The lowest BCUT2D eigenvalue weighted by molar-refractivity contribution is 0.0946. The number of carbonyl (C=O) groups excluding carboxylic acids is 1. The number of sulfonamides is 1. The van der Waals surface area contributed by atoms with Crippen molar-refractivity contribution in [2.45, 2.75) is 30.7 Å². The van der Waals surface area contributed by atoms with Crippen LogP contribution in [0.25, 0.3) is 0 Å². The van der Waals surface area contributed by atoms with E-state index in [2.05, 4.69) is 5.32 Å². The zero-order chi connectivity index (χ0) is 17.9. The molecule has 0 aromatic heterocycles. The standard InChI is InChI=1S/C19H22N2O3S/c1-15-9-11-18(12-10-15)25(23,24)21-13-5-8-17(21)14-20-19(22)16-6-3-2-4-7-16/h2-4,6-7,9-12,17H,5,8,13-14H2,1H3,(H,20,22)/t17-/m1/s1. The Hall–Kier alpha value is -2.18. The highest BCUT2D eigenvalue weighted by Crippen LogP contribution is 2.26. The number of aryl methyl sites for hydroxylation is 1. The minimum Gasteiger partial charge on any atom is -0.350 e. The van der Waals surface area contributed by atoms with Gasteiger partial charge in [0.25, 0.3) is 5.91 Å². The summed E-state index contributed by atoms with van der Waals surface area (Å²) in [5, 5.41) is 2.86. The van der Waals surface area contributed by atoms with Crippen molar-refractivity contribution < 1.29 is 13.2 Å². The molecule has 1 saturated heterocycles. The van der Waals surface area contributed by atoms with Crippen molar-refractivity contribution in [1.82, 2.24) is 9.62 Å². The molecule has 0 aliphatic carbocycles. The van der Waals surface area contributed by atoms with E-state index in [1.807, 2.05) is 13.0 Å². The van der Waals surface area contributed by atoms with Crippen molar-refractivity contribution in [3.05, 3.63) is 65.7 Å². The van der Waals surface area contributed by atoms with Gasteiger partial charge in [0.15, 0.2) is 0 Å². The largest absolute Gasteiger partial charge is 0.350 e. The van der Waals surface area contributed by atoms with Gasteiger partial charge < -0.3 is 5.32 Å². The quantitative estimate of drug-likeness (QED) is 0.893. The summed E-state index contributed by atoms with van der Waals surface area (Å²) in [7, 11) is -3.54. The molecule has 1 N–H and O–H groups in total. The Balaban J connectivity index is 1.70. The van der Waals surface area contributed by atoms with E-state index in [0.717, 1.165) is 18.4 Å². The second-order valence-electron chi connectivity index (χ2n) is 6.30. The minimum absolute atomic E-state index is 0.180. The molecule has 1 heterocycles. The second-order valence-corrected chi connectivity index (χ2v) is 8.19. The second kappa shape index (κ2) is 7.37. The first-order valence-electron chi connectivity index (χ1n) is 8.40. The van der Waals surface area contributed by atoms with Gasteiger partial charge in [0, 0.05) is 24.7 Å². The first-order valence-corrected chi connectivity index (χ1v) is 9.84. The Bertz CT molecular complexity index is 833.